The molecule has 2 aromatic carbocycles. The molecule has 0 bridgehead atoms. The molecule has 0 spiro atoms. The average molecular weight is 664 g/mol. The predicted octanol–water partition coefficient (Wildman–Crippen LogP) is 5.18. The van der Waals surface area contributed by atoms with Crippen molar-refractivity contribution in [1.82, 2.24) is 24.8 Å². The summed E-state index contributed by atoms with van der Waals surface area (Å²) in [4.78, 5) is 32.3. The maximum absolute atomic E-state index is 16.9. The molecule has 4 aromatic rings. The van der Waals surface area contributed by atoms with E-state index in [9.17, 15) is 19.6 Å². The fraction of sp³-hybridized carbons (Fsp3) is 0.378. The molecule has 250 valence electrons. The molecule has 3 fully saturated rings. The van der Waals surface area contributed by atoms with Crippen molar-refractivity contribution < 1.29 is 23.4 Å². The van der Waals surface area contributed by atoms with Gasteiger partial charge in [-0.2, -0.15) is 15.2 Å². The van der Waals surface area contributed by atoms with Gasteiger partial charge in [-0.15, -0.1) is 6.42 Å². The zero-order valence-corrected chi connectivity index (χ0v) is 27.1. The summed E-state index contributed by atoms with van der Waals surface area (Å²) in [7, 11) is 1.75. The van der Waals surface area contributed by atoms with Crippen molar-refractivity contribution in [3.63, 3.8) is 0 Å². The number of rotatable bonds is 8. The summed E-state index contributed by atoms with van der Waals surface area (Å²) in [5.41, 5.74) is -0.391. The Balaban J connectivity index is 1.36. The van der Waals surface area contributed by atoms with Crippen LogP contribution in [0.1, 0.15) is 37.7 Å². The SMILES string of the molecule is C#Cc1c(F)ccc2cc(O)cc(-c3ncc4c(N(C)C[C@@H]5C(C#N)CCN5C(=O)C=C)nc(OCC56CCCN5CCC6)nc4c3F)c12. The number of pyridine rings is 1. The summed E-state index contributed by atoms with van der Waals surface area (Å²) in [6.07, 6.45) is 13.0. The largest absolute Gasteiger partial charge is 0.508 e. The number of nitrogens with zero attached hydrogens (tertiary/aromatic N) is 7. The molecule has 49 heavy (non-hydrogen) atoms. The zero-order chi connectivity index (χ0) is 34.4. The third-order valence-corrected chi connectivity index (χ3v) is 10.4. The van der Waals surface area contributed by atoms with Crippen molar-refractivity contribution in [2.45, 2.75) is 43.7 Å². The Morgan fingerprint density at radius 1 is 1.24 bits per heavy atom. The lowest BCUT2D eigenvalue weighted by atomic mass is 9.95. The molecular weight excluding hydrogens is 628 g/mol. The minimum atomic E-state index is -0.834. The Morgan fingerprint density at radius 3 is 2.73 bits per heavy atom. The van der Waals surface area contributed by atoms with E-state index in [0.717, 1.165) is 38.8 Å². The highest BCUT2D eigenvalue weighted by atomic mass is 19.1. The van der Waals surface area contributed by atoms with Gasteiger partial charge < -0.3 is 19.6 Å². The number of carbonyl (C=O) groups excluding carboxylic acids is 1. The molecule has 3 aliphatic heterocycles. The number of carbonyl (C=O) groups is 1. The van der Waals surface area contributed by atoms with Gasteiger partial charge in [0, 0.05) is 37.3 Å². The molecule has 2 atom stereocenters. The van der Waals surface area contributed by atoms with Crippen molar-refractivity contribution in [3.05, 3.63) is 60.3 Å². The monoisotopic (exact) mass is 663 g/mol. The van der Waals surface area contributed by atoms with Crippen LogP contribution >= 0.6 is 0 Å². The first-order valence-corrected chi connectivity index (χ1v) is 16.4. The highest BCUT2D eigenvalue weighted by Crippen LogP contribution is 2.41. The predicted molar refractivity (Wildman–Crippen MR) is 181 cm³/mol. The molecular formula is C37H35F2N7O3. The zero-order valence-electron chi connectivity index (χ0n) is 27.1. The molecule has 0 radical (unpaired) electrons. The maximum atomic E-state index is 16.9. The molecule has 5 heterocycles. The lowest BCUT2D eigenvalue weighted by Gasteiger charge is -2.32. The summed E-state index contributed by atoms with van der Waals surface area (Å²) in [5.74, 6) is 0.290. The smallest absolute Gasteiger partial charge is 0.319 e. The van der Waals surface area contributed by atoms with Crippen LogP contribution in [0.5, 0.6) is 11.8 Å². The van der Waals surface area contributed by atoms with Crippen LogP contribution in [0.3, 0.4) is 0 Å². The lowest BCUT2D eigenvalue weighted by molar-refractivity contribution is -0.126. The van der Waals surface area contributed by atoms with Crippen LogP contribution in [0.2, 0.25) is 0 Å². The summed E-state index contributed by atoms with van der Waals surface area (Å²) in [6, 6.07) is 7.20. The van der Waals surface area contributed by atoms with Crippen LogP contribution in [0.4, 0.5) is 14.6 Å². The fourth-order valence-electron chi connectivity index (χ4n) is 7.97. The minimum Gasteiger partial charge on any atom is -0.508 e. The van der Waals surface area contributed by atoms with Gasteiger partial charge in [-0.3, -0.25) is 14.7 Å². The molecule has 7 rings (SSSR count). The molecule has 1 unspecified atom stereocenters. The number of hydrogen-bond acceptors (Lipinski definition) is 9. The van der Waals surface area contributed by atoms with E-state index in [-0.39, 0.29) is 62.9 Å². The number of aromatic nitrogens is 3. The first-order valence-electron chi connectivity index (χ1n) is 16.4. The number of terminal acetylenes is 1. The van der Waals surface area contributed by atoms with Gasteiger partial charge in [-0.1, -0.05) is 18.6 Å². The van der Waals surface area contributed by atoms with E-state index in [1.54, 1.807) is 16.8 Å². The van der Waals surface area contributed by atoms with Crippen LogP contribution in [0, 0.1) is 41.2 Å². The number of phenolic OH excluding ortho intramolecular Hbond substituents is 1. The van der Waals surface area contributed by atoms with E-state index in [4.69, 9.17) is 16.1 Å². The summed E-state index contributed by atoms with van der Waals surface area (Å²) < 4.78 is 38.1. The standard InChI is InChI=1S/C37H35F2N7O3/c1-4-25-28(38)9-8-22-16-24(47)17-26(31(22)25)33-32(39)34-27(19-41-33)35(44(3)20-29-23(18-40)10-15-46(29)30(48)5-2)43-36(42-34)49-21-37-11-6-13-45(37)14-7-12-37/h1,5,8-9,16-17,19,23,29,47H,2,6-7,10-15,20-21H2,3H3/t23?,29-/m1/s1. The minimum absolute atomic E-state index is 0.0306. The number of likely N-dealkylation sites (tertiary alicyclic amines) is 1. The normalized spacial score (nSPS) is 19.9. The lowest BCUT2D eigenvalue weighted by Crippen LogP contribution is -2.44. The number of halogens is 2. The van der Waals surface area contributed by atoms with Crippen molar-refractivity contribution in [3.8, 4) is 41.4 Å². The number of benzene rings is 2. The number of ether oxygens (including phenoxy) is 1. The van der Waals surface area contributed by atoms with E-state index in [0.29, 0.717) is 30.8 Å². The van der Waals surface area contributed by atoms with Crippen LogP contribution < -0.4 is 9.64 Å². The number of hydrogen-bond donors (Lipinski definition) is 1. The second kappa shape index (κ2) is 12.6. The highest BCUT2D eigenvalue weighted by molar-refractivity contribution is 6.03. The summed E-state index contributed by atoms with van der Waals surface area (Å²) >= 11 is 0. The van der Waals surface area contributed by atoms with Gasteiger partial charge in [0.25, 0.3) is 0 Å². The molecule has 0 aliphatic carbocycles. The molecule has 0 saturated carbocycles. The Labute approximate surface area is 282 Å². The number of nitriles is 1. The van der Waals surface area contributed by atoms with Gasteiger partial charge in [-0.05, 0) is 74.9 Å². The molecule has 10 nitrogen and oxygen atoms in total. The van der Waals surface area contributed by atoms with Crippen molar-refractivity contribution in [2.24, 2.45) is 5.92 Å². The van der Waals surface area contributed by atoms with Gasteiger partial charge in [0.1, 0.15) is 35.2 Å². The summed E-state index contributed by atoms with van der Waals surface area (Å²) in [6.45, 7) is 6.58. The van der Waals surface area contributed by atoms with Crippen LogP contribution in [-0.4, -0.2) is 87.2 Å². The topological polar surface area (TPSA) is 119 Å². The van der Waals surface area contributed by atoms with E-state index >= 15 is 4.39 Å². The van der Waals surface area contributed by atoms with Gasteiger partial charge in [0.15, 0.2) is 5.82 Å². The van der Waals surface area contributed by atoms with Gasteiger partial charge >= 0.3 is 6.01 Å². The van der Waals surface area contributed by atoms with E-state index in [2.05, 4.69) is 33.4 Å². The van der Waals surface area contributed by atoms with E-state index < -0.39 is 23.6 Å². The Bertz CT molecular complexity index is 2080. The molecule has 1 amide bonds. The quantitative estimate of drug-likeness (QED) is 0.201. The molecule has 3 aliphatic rings. The van der Waals surface area contributed by atoms with Crippen LogP contribution in [-0.2, 0) is 4.79 Å². The fourth-order valence-corrected chi connectivity index (χ4v) is 7.97. The maximum Gasteiger partial charge on any atom is 0.319 e. The second-order valence-corrected chi connectivity index (χ2v) is 13.1. The summed E-state index contributed by atoms with van der Waals surface area (Å²) in [5, 5.41) is 21.4. The number of anilines is 1. The second-order valence-electron chi connectivity index (χ2n) is 13.1. The van der Waals surface area contributed by atoms with Gasteiger partial charge in [0.2, 0.25) is 5.91 Å². The van der Waals surface area contributed by atoms with Crippen LogP contribution in [0.15, 0.2) is 43.1 Å². The van der Waals surface area contributed by atoms with Crippen LogP contribution in [0.25, 0.3) is 32.9 Å². The Morgan fingerprint density at radius 2 is 2.02 bits per heavy atom. The molecule has 12 heteroatoms. The molecule has 3 saturated heterocycles. The van der Waals surface area contributed by atoms with E-state index in [1.165, 1.54) is 36.5 Å². The number of aromatic hydroxyl groups is 1. The number of fused-ring (bicyclic) bond motifs is 3. The molecule has 2 aromatic heterocycles. The Kier molecular flexibility index (Phi) is 8.29. The van der Waals surface area contributed by atoms with Crippen molar-refractivity contribution >= 4 is 33.4 Å². The highest BCUT2D eigenvalue weighted by Gasteiger charge is 2.45. The Hall–Kier alpha value is -5.33. The third kappa shape index (κ3) is 5.46. The number of amides is 1. The number of likely N-dealkylation sites (N-methyl/N-ethyl adjacent to an activating group) is 1. The van der Waals surface area contributed by atoms with Gasteiger partial charge in [0.05, 0.1) is 34.5 Å². The third-order valence-electron chi connectivity index (χ3n) is 10.4. The number of phenols is 1. The van der Waals surface area contributed by atoms with Crippen molar-refractivity contribution in [2.75, 3.05) is 44.7 Å². The first-order chi connectivity index (χ1) is 23.7. The first kappa shape index (κ1) is 32.2. The van der Waals surface area contributed by atoms with E-state index in [1.807, 2.05) is 0 Å². The van der Waals surface area contributed by atoms with Crippen molar-refractivity contribution in [1.29, 1.82) is 5.26 Å². The molecule has 1 N–H and O–H groups in total. The average Bonchev–Trinajstić information content (AvgIpc) is 3.81. The van der Waals surface area contributed by atoms with Gasteiger partial charge in [-0.25, -0.2) is 8.78 Å².